The molecule has 1 amide bonds. The van der Waals surface area contributed by atoms with Gasteiger partial charge in [-0.15, -0.1) is 0 Å². The van der Waals surface area contributed by atoms with Crippen LogP contribution in [0.5, 0.6) is 11.5 Å². The molecule has 1 unspecified atom stereocenters. The molecule has 1 aliphatic heterocycles. The van der Waals surface area contributed by atoms with Crippen LogP contribution in [0.3, 0.4) is 0 Å². The summed E-state index contributed by atoms with van der Waals surface area (Å²) in [6.45, 7) is 3.78. The highest BCUT2D eigenvalue weighted by Gasteiger charge is 2.23. The number of fused-ring (bicyclic) bond motifs is 1. The Balaban J connectivity index is 1.60. The van der Waals surface area contributed by atoms with Gasteiger partial charge in [0.2, 0.25) is 0 Å². The van der Waals surface area contributed by atoms with Gasteiger partial charge < -0.3 is 19.7 Å². The maximum Gasteiger partial charge on any atom is 0.282 e. The fourth-order valence-electron chi connectivity index (χ4n) is 2.68. The van der Waals surface area contributed by atoms with E-state index in [4.69, 9.17) is 21.1 Å². The van der Waals surface area contributed by atoms with E-state index in [-0.39, 0.29) is 11.9 Å². The van der Waals surface area contributed by atoms with Crippen molar-refractivity contribution in [2.75, 3.05) is 25.6 Å². The Hall–Kier alpha value is -2.24. The largest absolute Gasteiger partial charge is 0.486 e. The van der Waals surface area contributed by atoms with Crippen LogP contribution in [0.4, 0.5) is 5.69 Å². The smallest absolute Gasteiger partial charge is 0.282 e. The van der Waals surface area contributed by atoms with Crippen molar-refractivity contribution in [2.45, 2.75) is 19.5 Å². The summed E-state index contributed by atoms with van der Waals surface area (Å²) < 4.78 is 11.2. The minimum Gasteiger partial charge on any atom is -0.486 e. The van der Waals surface area contributed by atoms with E-state index in [0.29, 0.717) is 24.8 Å². The summed E-state index contributed by atoms with van der Waals surface area (Å²) in [5.74, 6) is 1.52. The van der Waals surface area contributed by atoms with Crippen molar-refractivity contribution in [1.82, 2.24) is 0 Å². The van der Waals surface area contributed by atoms with Crippen LogP contribution >= 0.6 is 11.6 Å². The topological polar surface area (TPSA) is 52.0 Å². The fraction of sp³-hybridized carbons (Fsp3) is 0.316. The van der Waals surface area contributed by atoms with Crippen LogP contribution in [-0.4, -0.2) is 32.2 Å². The van der Waals surface area contributed by atoms with Gasteiger partial charge >= 0.3 is 0 Å². The van der Waals surface area contributed by atoms with Crippen LogP contribution < -0.4 is 19.7 Å². The summed E-state index contributed by atoms with van der Waals surface area (Å²) in [5, 5.41) is 3.57. The molecule has 0 aliphatic carbocycles. The van der Waals surface area contributed by atoms with Crippen molar-refractivity contribution in [1.29, 1.82) is 0 Å². The Morgan fingerprint density at radius 2 is 1.84 bits per heavy atom. The summed E-state index contributed by atoms with van der Waals surface area (Å²) in [7, 11) is 2.00. The van der Waals surface area contributed by atoms with Crippen LogP contribution in [-0.2, 0) is 11.3 Å². The van der Waals surface area contributed by atoms with Crippen molar-refractivity contribution in [3.8, 4) is 11.5 Å². The molecule has 0 radical (unpaired) electrons. The van der Waals surface area contributed by atoms with Gasteiger partial charge in [-0.3, -0.25) is 4.79 Å². The Kier molecular flexibility index (Phi) is 5.46. The van der Waals surface area contributed by atoms with Gasteiger partial charge in [0.25, 0.3) is 5.91 Å². The molecule has 0 spiro atoms. The number of amides is 1. The Morgan fingerprint density at radius 1 is 1.16 bits per heavy atom. The van der Waals surface area contributed by atoms with Gasteiger partial charge in [0.05, 0.1) is 7.05 Å². The quantitative estimate of drug-likeness (QED) is 0.858. The molecular weight excluding hydrogens is 340 g/mol. The van der Waals surface area contributed by atoms with Gasteiger partial charge in [0.15, 0.2) is 17.5 Å². The van der Waals surface area contributed by atoms with Crippen molar-refractivity contribution >= 4 is 23.2 Å². The lowest BCUT2D eigenvalue weighted by molar-refractivity contribution is -0.907. The molecule has 5 nitrogen and oxygen atoms in total. The minimum absolute atomic E-state index is 0.0302. The lowest BCUT2D eigenvalue weighted by Crippen LogP contribution is -3.12. The van der Waals surface area contributed by atoms with Gasteiger partial charge in [0, 0.05) is 16.3 Å². The standard InChI is InChI=1S/C19H21ClN2O3/c1-13(19(23)21-16-6-4-15(20)5-7-16)22(2)12-14-3-8-17-18(11-14)25-10-9-24-17/h3-8,11,13H,9-10,12H2,1-2H3,(H,21,23)/p+1/t13-/m1/s1. The van der Waals surface area contributed by atoms with E-state index < -0.39 is 0 Å². The van der Waals surface area contributed by atoms with Crippen LogP contribution in [0.15, 0.2) is 42.5 Å². The van der Waals surface area contributed by atoms with Crippen LogP contribution in [0, 0.1) is 0 Å². The van der Waals surface area contributed by atoms with Gasteiger partial charge in [-0.1, -0.05) is 11.6 Å². The molecule has 2 aromatic carbocycles. The molecule has 0 fully saturated rings. The lowest BCUT2D eigenvalue weighted by Gasteiger charge is -2.23. The maximum atomic E-state index is 12.5. The number of halogens is 1. The second kappa shape index (κ2) is 7.76. The number of rotatable bonds is 5. The highest BCUT2D eigenvalue weighted by Crippen LogP contribution is 2.30. The third kappa shape index (κ3) is 4.44. The monoisotopic (exact) mass is 361 g/mol. The van der Waals surface area contributed by atoms with E-state index in [2.05, 4.69) is 5.32 Å². The zero-order chi connectivity index (χ0) is 17.8. The van der Waals surface area contributed by atoms with Crippen LogP contribution in [0.2, 0.25) is 5.02 Å². The predicted molar refractivity (Wildman–Crippen MR) is 97.6 cm³/mol. The second-order valence-corrected chi connectivity index (χ2v) is 6.66. The number of ether oxygens (including phenoxy) is 2. The minimum atomic E-state index is -0.205. The number of carbonyl (C=O) groups excluding carboxylic acids is 1. The molecule has 0 saturated carbocycles. The molecule has 132 valence electrons. The average Bonchev–Trinajstić information content (AvgIpc) is 2.62. The molecule has 0 saturated heterocycles. The maximum absolute atomic E-state index is 12.5. The Labute approximate surface area is 152 Å². The average molecular weight is 362 g/mol. The first-order valence-corrected chi connectivity index (χ1v) is 8.68. The number of hydrogen-bond donors (Lipinski definition) is 2. The molecule has 3 rings (SSSR count). The second-order valence-electron chi connectivity index (χ2n) is 6.22. The number of carbonyl (C=O) groups is 1. The van der Waals surface area contributed by atoms with Gasteiger partial charge in [-0.2, -0.15) is 0 Å². The third-order valence-electron chi connectivity index (χ3n) is 4.33. The SMILES string of the molecule is C[C@H](C(=O)Nc1ccc(Cl)cc1)[NH+](C)Cc1ccc2c(c1)OCCO2. The highest BCUT2D eigenvalue weighted by atomic mass is 35.5. The zero-order valence-electron chi connectivity index (χ0n) is 14.3. The number of nitrogens with one attached hydrogen (secondary N) is 2. The Bertz CT molecular complexity index is 749. The third-order valence-corrected chi connectivity index (χ3v) is 4.59. The molecule has 1 aliphatic rings. The van der Waals surface area contributed by atoms with Crippen molar-refractivity contribution < 1.29 is 19.2 Å². The molecule has 25 heavy (non-hydrogen) atoms. The normalized spacial score (nSPS) is 15.3. The first-order chi connectivity index (χ1) is 12.0. The van der Waals surface area contributed by atoms with E-state index in [1.807, 2.05) is 32.2 Å². The molecular formula is C19H22ClN2O3+. The first-order valence-electron chi connectivity index (χ1n) is 8.30. The van der Waals surface area contributed by atoms with E-state index >= 15 is 0 Å². The zero-order valence-corrected chi connectivity index (χ0v) is 15.1. The number of anilines is 1. The molecule has 2 aromatic rings. The number of quaternary nitrogens is 1. The van der Waals surface area contributed by atoms with Crippen LogP contribution in [0.25, 0.3) is 0 Å². The summed E-state index contributed by atoms with van der Waals surface area (Å²) >= 11 is 5.87. The first kappa shape index (κ1) is 17.6. The van der Waals surface area contributed by atoms with Crippen LogP contribution in [0.1, 0.15) is 12.5 Å². The van der Waals surface area contributed by atoms with E-state index in [0.717, 1.165) is 27.6 Å². The van der Waals surface area contributed by atoms with Gasteiger partial charge in [-0.05, 0) is 49.4 Å². The summed E-state index contributed by atoms with van der Waals surface area (Å²) in [6.07, 6.45) is 0. The van der Waals surface area contributed by atoms with Gasteiger partial charge in [0.1, 0.15) is 19.8 Å². The molecule has 2 N–H and O–H groups in total. The van der Waals surface area contributed by atoms with E-state index in [1.165, 1.54) is 0 Å². The van der Waals surface area contributed by atoms with Crippen molar-refractivity contribution in [2.24, 2.45) is 0 Å². The molecule has 0 bridgehead atoms. The summed E-state index contributed by atoms with van der Waals surface area (Å²) in [6, 6.07) is 12.8. The fourth-order valence-corrected chi connectivity index (χ4v) is 2.81. The number of likely N-dealkylation sites (N-methyl/N-ethyl adjacent to an activating group) is 1. The number of hydrogen-bond acceptors (Lipinski definition) is 3. The van der Waals surface area contributed by atoms with Crippen molar-refractivity contribution in [3.05, 3.63) is 53.1 Å². The molecule has 6 heteroatoms. The lowest BCUT2D eigenvalue weighted by atomic mass is 10.1. The predicted octanol–water partition coefficient (Wildman–Crippen LogP) is 2.15. The van der Waals surface area contributed by atoms with E-state index in [1.54, 1.807) is 24.3 Å². The molecule has 1 heterocycles. The number of benzene rings is 2. The molecule has 0 aromatic heterocycles. The summed E-state index contributed by atoms with van der Waals surface area (Å²) in [5.41, 5.74) is 1.85. The summed E-state index contributed by atoms with van der Waals surface area (Å²) in [4.78, 5) is 13.5. The highest BCUT2D eigenvalue weighted by molar-refractivity contribution is 6.30. The van der Waals surface area contributed by atoms with Gasteiger partial charge in [-0.25, -0.2) is 0 Å². The van der Waals surface area contributed by atoms with E-state index in [9.17, 15) is 4.79 Å². The van der Waals surface area contributed by atoms with Crippen molar-refractivity contribution in [3.63, 3.8) is 0 Å². The molecule has 2 atom stereocenters. The Morgan fingerprint density at radius 3 is 2.56 bits per heavy atom.